The van der Waals surface area contributed by atoms with Gasteiger partial charge in [-0.15, -0.1) is 0 Å². The van der Waals surface area contributed by atoms with E-state index in [0.717, 1.165) is 22.2 Å². The highest BCUT2D eigenvalue weighted by molar-refractivity contribution is 5.93. The van der Waals surface area contributed by atoms with Crippen molar-refractivity contribution in [2.24, 2.45) is 0 Å². The smallest absolute Gasteiger partial charge is 0.257 e. The minimum Gasteiger partial charge on any atom is -0.357 e. The summed E-state index contributed by atoms with van der Waals surface area (Å²) in [6.07, 6.45) is 6.36. The van der Waals surface area contributed by atoms with Crippen molar-refractivity contribution >= 4 is 16.8 Å². The number of pyridine rings is 1. The predicted molar refractivity (Wildman–Crippen MR) is 99.3 cm³/mol. The van der Waals surface area contributed by atoms with Crippen LogP contribution in [0.3, 0.4) is 0 Å². The maximum absolute atomic E-state index is 13.3. The standard InChI is InChI=1S/C20H16FN5O/c1-26(12-17-9-14-8-16(21)2-3-18(14)25-17)20(27)15-10-23-19(24-11-15)13-4-6-22-7-5-13/h2-11,25H,12H2,1H3. The highest BCUT2D eigenvalue weighted by Gasteiger charge is 2.15. The fourth-order valence-electron chi connectivity index (χ4n) is 2.89. The van der Waals surface area contributed by atoms with E-state index in [0.29, 0.717) is 17.9 Å². The summed E-state index contributed by atoms with van der Waals surface area (Å²) in [7, 11) is 1.70. The van der Waals surface area contributed by atoms with Gasteiger partial charge in [-0.25, -0.2) is 14.4 Å². The lowest BCUT2D eigenvalue weighted by atomic mass is 10.2. The maximum Gasteiger partial charge on any atom is 0.257 e. The first-order chi connectivity index (χ1) is 13.1. The number of fused-ring (bicyclic) bond motifs is 1. The summed E-state index contributed by atoms with van der Waals surface area (Å²) < 4.78 is 13.3. The fraction of sp³-hybridized carbons (Fsp3) is 0.100. The Kier molecular flexibility index (Phi) is 4.33. The number of nitrogens with zero attached hydrogens (tertiary/aromatic N) is 4. The number of rotatable bonds is 4. The zero-order valence-electron chi connectivity index (χ0n) is 14.6. The maximum atomic E-state index is 13.3. The van der Waals surface area contributed by atoms with Crippen LogP contribution in [0.4, 0.5) is 4.39 Å². The van der Waals surface area contributed by atoms with Crippen molar-refractivity contribution < 1.29 is 9.18 Å². The number of hydrogen-bond acceptors (Lipinski definition) is 4. The number of aromatic amines is 1. The van der Waals surface area contributed by atoms with Crippen LogP contribution in [-0.4, -0.2) is 37.8 Å². The molecule has 6 nitrogen and oxygen atoms in total. The lowest BCUT2D eigenvalue weighted by Crippen LogP contribution is -2.26. The van der Waals surface area contributed by atoms with Crippen molar-refractivity contribution in [1.82, 2.24) is 24.8 Å². The molecule has 0 bridgehead atoms. The molecular formula is C20H16FN5O. The number of benzene rings is 1. The molecule has 0 aliphatic heterocycles. The third kappa shape index (κ3) is 3.52. The van der Waals surface area contributed by atoms with Gasteiger partial charge in [0.15, 0.2) is 5.82 Å². The summed E-state index contributed by atoms with van der Waals surface area (Å²) in [6.45, 7) is 0.362. The second kappa shape index (κ2) is 6.95. The van der Waals surface area contributed by atoms with Crippen LogP contribution in [-0.2, 0) is 6.54 Å². The number of carbonyl (C=O) groups is 1. The molecule has 0 saturated heterocycles. The zero-order chi connectivity index (χ0) is 18.8. The molecule has 7 heteroatoms. The van der Waals surface area contributed by atoms with Crippen molar-refractivity contribution in [2.45, 2.75) is 6.54 Å². The van der Waals surface area contributed by atoms with Crippen molar-refractivity contribution in [3.05, 3.63) is 78.3 Å². The molecule has 3 heterocycles. The molecule has 0 atom stereocenters. The van der Waals surface area contributed by atoms with E-state index in [-0.39, 0.29) is 11.7 Å². The van der Waals surface area contributed by atoms with Gasteiger partial charge in [0.25, 0.3) is 5.91 Å². The topological polar surface area (TPSA) is 74.8 Å². The van der Waals surface area contributed by atoms with Crippen LogP contribution in [0.25, 0.3) is 22.3 Å². The van der Waals surface area contributed by atoms with Gasteiger partial charge in [-0.1, -0.05) is 0 Å². The van der Waals surface area contributed by atoms with Gasteiger partial charge in [-0.3, -0.25) is 9.78 Å². The van der Waals surface area contributed by atoms with Gasteiger partial charge in [0.2, 0.25) is 0 Å². The predicted octanol–water partition coefficient (Wildman–Crippen LogP) is 3.43. The quantitative estimate of drug-likeness (QED) is 0.604. The number of nitrogens with one attached hydrogen (secondary N) is 1. The third-order valence-corrected chi connectivity index (χ3v) is 4.23. The number of hydrogen-bond donors (Lipinski definition) is 1. The Labute approximate surface area is 154 Å². The van der Waals surface area contributed by atoms with E-state index < -0.39 is 0 Å². The van der Waals surface area contributed by atoms with Gasteiger partial charge in [0.05, 0.1) is 12.1 Å². The van der Waals surface area contributed by atoms with Crippen LogP contribution in [0.1, 0.15) is 16.1 Å². The zero-order valence-corrected chi connectivity index (χ0v) is 14.6. The number of aromatic nitrogens is 4. The summed E-state index contributed by atoms with van der Waals surface area (Å²) in [4.78, 5) is 29.9. The van der Waals surface area contributed by atoms with Crippen LogP contribution in [0.2, 0.25) is 0 Å². The van der Waals surface area contributed by atoms with Gasteiger partial charge < -0.3 is 9.88 Å². The molecule has 0 unspecified atom stereocenters. The number of carbonyl (C=O) groups excluding carboxylic acids is 1. The van der Waals surface area contributed by atoms with Gasteiger partial charge >= 0.3 is 0 Å². The molecule has 0 fully saturated rings. The summed E-state index contributed by atoms with van der Waals surface area (Å²) in [5.74, 6) is 0.0549. The van der Waals surface area contributed by atoms with E-state index in [1.807, 2.05) is 18.2 Å². The monoisotopic (exact) mass is 361 g/mol. The molecule has 0 saturated carbocycles. The second-order valence-corrected chi connectivity index (χ2v) is 6.22. The van der Waals surface area contributed by atoms with E-state index >= 15 is 0 Å². The average molecular weight is 361 g/mol. The Morgan fingerprint density at radius 1 is 1.11 bits per heavy atom. The first-order valence-electron chi connectivity index (χ1n) is 8.35. The van der Waals surface area contributed by atoms with Crippen molar-refractivity contribution in [1.29, 1.82) is 0 Å². The molecule has 27 heavy (non-hydrogen) atoms. The molecule has 1 amide bonds. The Morgan fingerprint density at radius 2 is 1.85 bits per heavy atom. The molecule has 4 aromatic rings. The lowest BCUT2D eigenvalue weighted by molar-refractivity contribution is 0.0783. The molecule has 4 rings (SSSR count). The fourth-order valence-corrected chi connectivity index (χ4v) is 2.89. The third-order valence-electron chi connectivity index (χ3n) is 4.23. The summed E-state index contributed by atoms with van der Waals surface area (Å²) in [5.41, 5.74) is 2.89. The van der Waals surface area contributed by atoms with E-state index in [1.54, 1.807) is 30.4 Å². The van der Waals surface area contributed by atoms with Gasteiger partial charge in [0, 0.05) is 54.0 Å². The Bertz CT molecular complexity index is 1090. The summed E-state index contributed by atoms with van der Waals surface area (Å²) in [6, 6.07) is 10.00. The largest absolute Gasteiger partial charge is 0.357 e. The lowest BCUT2D eigenvalue weighted by Gasteiger charge is -2.16. The van der Waals surface area contributed by atoms with E-state index in [1.165, 1.54) is 24.5 Å². The molecule has 0 spiro atoms. The van der Waals surface area contributed by atoms with Crippen molar-refractivity contribution in [3.8, 4) is 11.4 Å². The minimum atomic E-state index is -0.288. The number of H-pyrrole nitrogens is 1. The Hall–Kier alpha value is -3.61. The van der Waals surface area contributed by atoms with E-state index in [9.17, 15) is 9.18 Å². The van der Waals surface area contributed by atoms with Crippen molar-refractivity contribution in [2.75, 3.05) is 7.05 Å². The molecular weight excluding hydrogens is 345 g/mol. The summed E-state index contributed by atoms with van der Waals surface area (Å²) >= 11 is 0. The molecule has 134 valence electrons. The van der Waals surface area contributed by atoms with Gasteiger partial charge in [-0.05, 0) is 36.4 Å². The molecule has 0 aliphatic rings. The van der Waals surface area contributed by atoms with Gasteiger partial charge in [0.1, 0.15) is 5.82 Å². The second-order valence-electron chi connectivity index (χ2n) is 6.22. The first kappa shape index (κ1) is 16.8. The van der Waals surface area contributed by atoms with Crippen LogP contribution in [0.5, 0.6) is 0 Å². The van der Waals surface area contributed by atoms with Crippen LogP contribution >= 0.6 is 0 Å². The highest BCUT2D eigenvalue weighted by Crippen LogP contribution is 2.18. The number of amides is 1. The van der Waals surface area contributed by atoms with Crippen molar-refractivity contribution in [3.63, 3.8) is 0 Å². The SMILES string of the molecule is CN(Cc1cc2cc(F)ccc2[nH]1)C(=O)c1cnc(-c2ccncc2)nc1. The molecule has 1 N–H and O–H groups in total. The molecule has 1 aromatic carbocycles. The Balaban J connectivity index is 1.49. The highest BCUT2D eigenvalue weighted by atomic mass is 19.1. The first-order valence-corrected chi connectivity index (χ1v) is 8.35. The van der Waals surface area contributed by atoms with Crippen LogP contribution in [0.15, 0.2) is 61.2 Å². The van der Waals surface area contributed by atoms with Crippen LogP contribution in [0, 0.1) is 5.82 Å². The molecule has 0 radical (unpaired) electrons. The Morgan fingerprint density at radius 3 is 2.59 bits per heavy atom. The molecule has 3 aromatic heterocycles. The normalized spacial score (nSPS) is 10.9. The number of halogens is 1. The van der Waals surface area contributed by atoms with E-state index in [2.05, 4.69) is 19.9 Å². The average Bonchev–Trinajstić information content (AvgIpc) is 3.09. The van der Waals surface area contributed by atoms with Gasteiger partial charge in [-0.2, -0.15) is 0 Å². The summed E-state index contributed by atoms with van der Waals surface area (Å²) in [5, 5.41) is 0.774. The minimum absolute atomic E-state index is 0.193. The molecule has 0 aliphatic carbocycles. The van der Waals surface area contributed by atoms with Crippen LogP contribution < -0.4 is 0 Å². The van der Waals surface area contributed by atoms with E-state index in [4.69, 9.17) is 0 Å².